The Morgan fingerprint density at radius 3 is 2.56 bits per heavy atom. The molecule has 0 N–H and O–H groups in total. The summed E-state index contributed by atoms with van der Waals surface area (Å²) in [4.78, 5) is 0. The number of hydrogen-bond acceptors (Lipinski definition) is 0. The zero-order valence-corrected chi connectivity index (χ0v) is 10.8. The Hall–Kier alpha value is -0.260. The molecule has 2 fully saturated rings. The number of allylic oxidation sites excluding steroid dienone is 2. The Labute approximate surface area is 101 Å². The van der Waals surface area contributed by atoms with Crippen LogP contribution in [0.1, 0.15) is 64.7 Å². The van der Waals surface area contributed by atoms with E-state index >= 15 is 0 Å². The van der Waals surface area contributed by atoms with E-state index in [2.05, 4.69) is 13.0 Å². The van der Waals surface area contributed by atoms with E-state index in [1.165, 1.54) is 44.9 Å². The molecule has 4 aliphatic carbocycles. The number of rotatable bonds is 5. The van der Waals surface area contributed by atoms with Crippen molar-refractivity contribution in [3.05, 3.63) is 11.6 Å². The molecule has 0 amide bonds. The van der Waals surface area contributed by atoms with E-state index in [0.717, 1.165) is 23.7 Å². The summed E-state index contributed by atoms with van der Waals surface area (Å²) in [6, 6.07) is 0. The molecule has 0 aromatic heterocycles. The minimum atomic E-state index is 1.00. The average Bonchev–Trinajstić information content (AvgIpc) is 2.24. The van der Waals surface area contributed by atoms with Crippen molar-refractivity contribution in [3.8, 4) is 0 Å². The highest BCUT2D eigenvalue weighted by Crippen LogP contribution is 2.58. The largest absolute Gasteiger partial charge is 0.0816 e. The second-order valence-corrected chi connectivity index (χ2v) is 6.30. The summed E-state index contributed by atoms with van der Waals surface area (Å²) in [5, 5.41) is 0. The molecule has 90 valence electrons. The highest BCUT2D eigenvalue weighted by Gasteiger charge is 2.48. The maximum absolute atomic E-state index is 2.71. The molecule has 0 aromatic carbocycles. The van der Waals surface area contributed by atoms with E-state index in [-0.39, 0.29) is 0 Å². The van der Waals surface area contributed by atoms with Gasteiger partial charge in [0.15, 0.2) is 0 Å². The van der Waals surface area contributed by atoms with Crippen LogP contribution in [0.25, 0.3) is 0 Å². The minimum Gasteiger partial charge on any atom is -0.0816 e. The number of unbranched alkanes of at least 4 members (excludes halogenated alkanes) is 3. The minimum absolute atomic E-state index is 1.00. The van der Waals surface area contributed by atoms with Crippen LogP contribution in [0.15, 0.2) is 11.6 Å². The van der Waals surface area contributed by atoms with Crippen LogP contribution in [0, 0.1) is 23.7 Å². The Morgan fingerprint density at radius 2 is 1.88 bits per heavy atom. The molecule has 0 nitrogen and oxygen atoms in total. The van der Waals surface area contributed by atoms with E-state index in [9.17, 15) is 0 Å². The van der Waals surface area contributed by atoms with Gasteiger partial charge in [-0.3, -0.25) is 0 Å². The summed E-state index contributed by atoms with van der Waals surface area (Å²) in [5.41, 5.74) is 1.88. The van der Waals surface area contributed by atoms with Crippen LogP contribution < -0.4 is 0 Å². The lowest BCUT2D eigenvalue weighted by Crippen LogP contribution is -2.45. The van der Waals surface area contributed by atoms with Crippen LogP contribution in [-0.2, 0) is 0 Å². The first-order chi connectivity index (χ1) is 7.90. The fourth-order valence-electron chi connectivity index (χ4n) is 4.47. The number of fused-ring (bicyclic) bond motifs is 1. The maximum Gasteiger partial charge on any atom is -0.0172 e. The fourth-order valence-corrected chi connectivity index (χ4v) is 4.47. The van der Waals surface area contributed by atoms with Crippen LogP contribution in [-0.4, -0.2) is 0 Å². The zero-order valence-electron chi connectivity index (χ0n) is 10.8. The van der Waals surface area contributed by atoms with Gasteiger partial charge in [0.2, 0.25) is 0 Å². The van der Waals surface area contributed by atoms with E-state index in [1.807, 2.05) is 5.57 Å². The van der Waals surface area contributed by atoms with Crippen LogP contribution in [0.5, 0.6) is 0 Å². The summed E-state index contributed by atoms with van der Waals surface area (Å²) < 4.78 is 0. The summed E-state index contributed by atoms with van der Waals surface area (Å²) in [7, 11) is 0. The third-order valence-corrected chi connectivity index (χ3v) is 5.48. The predicted molar refractivity (Wildman–Crippen MR) is 69.3 cm³/mol. The van der Waals surface area contributed by atoms with Gasteiger partial charge < -0.3 is 0 Å². The fraction of sp³-hybridized carbons (Fsp3) is 0.875. The molecule has 4 unspecified atom stereocenters. The van der Waals surface area contributed by atoms with Crippen molar-refractivity contribution >= 4 is 0 Å². The molecule has 0 radical (unpaired) electrons. The topological polar surface area (TPSA) is 0 Å². The molecular weight excluding hydrogens is 192 g/mol. The molecule has 2 saturated carbocycles. The molecule has 4 aliphatic rings. The standard InChI is InChI=1S/C16H26/c1-2-3-4-5-6-12-11-13-7-8-14(12)16-10-9-15(13)16/h11,13-16H,2-10H2,1H3. The summed E-state index contributed by atoms with van der Waals surface area (Å²) >= 11 is 0. The van der Waals surface area contributed by atoms with Crippen molar-refractivity contribution in [3.63, 3.8) is 0 Å². The van der Waals surface area contributed by atoms with Gasteiger partial charge >= 0.3 is 0 Å². The first-order valence-corrected chi connectivity index (χ1v) is 7.60. The van der Waals surface area contributed by atoms with Gasteiger partial charge in [0.1, 0.15) is 0 Å². The lowest BCUT2D eigenvalue weighted by molar-refractivity contribution is 0.0185. The summed E-state index contributed by atoms with van der Waals surface area (Å²) in [6.45, 7) is 2.31. The van der Waals surface area contributed by atoms with Crippen molar-refractivity contribution in [2.24, 2.45) is 23.7 Å². The van der Waals surface area contributed by atoms with Crippen molar-refractivity contribution in [1.82, 2.24) is 0 Å². The highest BCUT2D eigenvalue weighted by molar-refractivity contribution is 5.22. The van der Waals surface area contributed by atoms with Gasteiger partial charge in [-0.15, -0.1) is 0 Å². The van der Waals surface area contributed by atoms with E-state index in [4.69, 9.17) is 0 Å². The molecule has 4 atom stereocenters. The molecule has 0 saturated heterocycles. The average molecular weight is 218 g/mol. The normalized spacial score (nSPS) is 40.2. The zero-order chi connectivity index (χ0) is 11.0. The first kappa shape index (κ1) is 10.9. The molecule has 0 heteroatoms. The monoisotopic (exact) mass is 218 g/mol. The van der Waals surface area contributed by atoms with Gasteiger partial charge in [-0.05, 0) is 62.2 Å². The molecule has 0 aliphatic heterocycles. The molecule has 0 spiro atoms. The molecule has 4 rings (SSSR count). The number of hydrogen-bond donors (Lipinski definition) is 0. The summed E-state index contributed by atoms with van der Waals surface area (Å²) in [5.74, 6) is 4.29. The third-order valence-electron chi connectivity index (χ3n) is 5.48. The molecule has 0 aromatic rings. The Morgan fingerprint density at radius 1 is 1.00 bits per heavy atom. The van der Waals surface area contributed by atoms with Crippen molar-refractivity contribution in [2.45, 2.75) is 64.7 Å². The van der Waals surface area contributed by atoms with Crippen LogP contribution in [0.2, 0.25) is 0 Å². The lowest BCUT2D eigenvalue weighted by Gasteiger charge is -2.54. The van der Waals surface area contributed by atoms with Gasteiger partial charge in [-0.25, -0.2) is 0 Å². The Bertz CT molecular complexity index is 276. The first-order valence-electron chi connectivity index (χ1n) is 7.60. The van der Waals surface area contributed by atoms with Gasteiger partial charge in [0.25, 0.3) is 0 Å². The van der Waals surface area contributed by atoms with Crippen LogP contribution in [0.4, 0.5) is 0 Å². The van der Waals surface area contributed by atoms with Gasteiger partial charge in [0, 0.05) is 0 Å². The Balaban J connectivity index is 1.57. The van der Waals surface area contributed by atoms with Gasteiger partial charge in [0.05, 0.1) is 0 Å². The van der Waals surface area contributed by atoms with E-state index in [0.29, 0.717) is 0 Å². The second-order valence-electron chi connectivity index (χ2n) is 6.30. The Kier molecular flexibility index (Phi) is 3.09. The highest BCUT2D eigenvalue weighted by atomic mass is 14.5. The van der Waals surface area contributed by atoms with Crippen molar-refractivity contribution in [2.75, 3.05) is 0 Å². The van der Waals surface area contributed by atoms with E-state index in [1.54, 1.807) is 12.8 Å². The van der Waals surface area contributed by atoms with Gasteiger partial charge in [-0.2, -0.15) is 0 Å². The van der Waals surface area contributed by atoms with E-state index < -0.39 is 0 Å². The smallest absolute Gasteiger partial charge is 0.0172 e. The van der Waals surface area contributed by atoms with Crippen molar-refractivity contribution in [1.29, 1.82) is 0 Å². The van der Waals surface area contributed by atoms with Crippen LogP contribution in [0.3, 0.4) is 0 Å². The molecule has 16 heavy (non-hydrogen) atoms. The quantitative estimate of drug-likeness (QED) is 0.452. The van der Waals surface area contributed by atoms with Crippen molar-refractivity contribution < 1.29 is 0 Å². The lowest BCUT2D eigenvalue weighted by atomic mass is 9.51. The van der Waals surface area contributed by atoms with Crippen LogP contribution >= 0.6 is 0 Å². The molecule has 2 bridgehead atoms. The van der Waals surface area contributed by atoms with Gasteiger partial charge in [-0.1, -0.05) is 37.8 Å². The second kappa shape index (κ2) is 4.55. The SMILES string of the molecule is CCCCCCC1=CC2CCC1C1CCC21. The predicted octanol–water partition coefficient (Wildman–Crippen LogP) is 4.95. The summed E-state index contributed by atoms with van der Waals surface area (Å²) in [6.07, 6.45) is 16.0. The maximum atomic E-state index is 2.71. The molecular formula is C16H26. The molecule has 0 heterocycles. The third kappa shape index (κ3) is 1.75.